The molecule has 2 aromatic rings. The molecule has 0 unspecified atom stereocenters. The number of hydrogen-bond acceptors (Lipinski definition) is 2. The normalized spacial score (nSPS) is 10.3. The number of aromatic hydroxyl groups is 1. The number of rotatable bonds is 3. The van der Waals surface area contributed by atoms with E-state index >= 15 is 0 Å². The van der Waals surface area contributed by atoms with Gasteiger partial charge in [-0.25, -0.2) is 0 Å². The summed E-state index contributed by atoms with van der Waals surface area (Å²) in [5.74, 6) is 0.887. The molecule has 0 heterocycles. The summed E-state index contributed by atoms with van der Waals surface area (Å²) in [5, 5.41) is 9.35. The van der Waals surface area contributed by atoms with Gasteiger partial charge in [0, 0.05) is 0 Å². The Morgan fingerprint density at radius 3 is 2.24 bits per heavy atom. The SMILES string of the molecule is Cc1ccc(C(C)C)cc1O.O=CC=Cc1ccccc1. The van der Waals surface area contributed by atoms with Crippen molar-refractivity contribution in [2.24, 2.45) is 0 Å². The summed E-state index contributed by atoms with van der Waals surface area (Å²) in [6.07, 6.45) is 4.02. The predicted octanol–water partition coefficient (Wildman–Crippen LogP) is 4.72. The molecule has 0 radical (unpaired) electrons. The minimum Gasteiger partial charge on any atom is -0.508 e. The molecule has 0 aliphatic rings. The molecule has 0 atom stereocenters. The van der Waals surface area contributed by atoms with E-state index in [4.69, 9.17) is 0 Å². The van der Waals surface area contributed by atoms with Crippen LogP contribution < -0.4 is 0 Å². The largest absolute Gasteiger partial charge is 0.508 e. The molecule has 0 aliphatic heterocycles. The molecular formula is C19H22O2. The summed E-state index contributed by atoms with van der Waals surface area (Å²) in [5.41, 5.74) is 3.18. The van der Waals surface area contributed by atoms with E-state index in [0.717, 1.165) is 17.4 Å². The number of allylic oxidation sites excluding steroid dienone is 1. The first-order valence-corrected chi connectivity index (χ1v) is 7.01. The van der Waals surface area contributed by atoms with Gasteiger partial charge in [0.1, 0.15) is 12.0 Å². The molecule has 2 nitrogen and oxygen atoms in total. The van der Waals surface area contributed by atoms with Crippen molar-refractivity contribution in [1.82, 2.24) is 0 Å². The lowest BCUT2D eigenvalue weighted by atomic mass is 10.0. The van der Waals surface area contributed by atoms with Crippen molar-refractivity contribution in [2.75, 3.05) is 0 Å². The first-order valence-electron chi connectivity index (χ1n) is 7.01. The Hall–Kier alpha value is -2.35. The van der Waals surface area contributed by atoms with Crippen molar-refractivity contribution in [3.05, 3.63) is 71.3 Å². The van der Waals surface area contributed by atoms with Crippen LogP contribution in [0.1, 0.15) is 36.5 Å². The fourth-order valence-corrected chi connectivity index (χ4v) is 1.70. The van der Waals surface area contributed by atoms with Crippen LogP contribution in [0.5, 0.6) is 5.75 Å². The van der Waals surface area contributed by atoms with Gasteiger partial charge in [-0.3, -0.25) is 4.79 Å². The van der Waals surface area contributed by atoms with Crippen LogP contribution in [0.15, 0.2) is 54.6 Å². The Morgan fingerprint density at radius 2 is 1.71 bits per heavy atom. The molecule has 2 heteroatoms. The van der Waals surface area contributed by atoms with Crippen LogP contribution in [0.2, 0.25) is 0 Å². The van der Waals surface area contributed by atoms with Crippen LogP contribution >= 0.6 is 0 Å². The smallest absolute Gasteiger partial charge is 0.142 e. The minimum absolute atomic E-state index is 0.399. The van der Waals surface area contributed by atoms with Gasteiger partial charge in [0.25, 0.3) is 0 Å². The summed E-state index contributed by atoms with van der Waals surface area (Å²) < 4.78 is 0. The van der Waals surface area contributed by atoms with Crippen LogP contribution in [0.3, 0.4) is 0 Å². The van der Waals surface area contributed by atoms with Gasteiger partial charge in [-0.2, -0.15) is 0 Å². The van der Waals surface area contributed by atoms with E-state index in [1.54, 1.807) is 6.08 Å². The third-order valence-electron chi connectivity index (χ3n) is 3.07. The van der Waals surface area contributed by atoms with Gasteiger partial charge in [-0.15, -0.1) is 0 Å². The standard InChI is InChI=1S/C10H14O.C9H8O/c1-7(2)9-5-4-8(3)10(11)6-9;10-8-4-7-9-5-2-1-3-6-9/h4-7,11H,1-3H3;1-8H. The number of carbonyl (C=O) groups is 1. The van der Waals surface area contributed by atoms with Crippen molar-refractivity contribution >= 4 is 12.4 Å². The fraction of sp³-hybridized carbons (Fsp3) is 0.211. The fourth-order valence-electron chi connectivity index (χ4n) is 1.70. The van der Waals surface area contributed by atoms with Crippen LogP contribution in [-0.2, 0) is 4.79 Å². The monoisotopic (exact) mass is 282 g/mol. The maximum absolute atomic E-state index is 9.89. The molecule has 0 aliphatic carbocycles. The maximum atomic E-state index is 9.89. The highest BCUT2D eigenvalue weighted by atomic mass is 16.3. The lowest BCUT2D eigenvalue weighted by molar-refractivity contribution is -0.104. The zero-order valence-corrected chi connectivity index (χ0v) is 12.8. The molecule has 1 N–H and O–H groups in total. The van der Waals surface area contributed by atoms with Gasteiger partial charge >= 0.3 is 0 Å². The average molecular weight is 282 g/mol. The van der Waals surface area contributed by atoms with E-state index in [1.807, 2.05) is 49.4 Å². The quantitative estimate of drug-likeness (QED) is 0.653. The lowest BCUT2D eigenvalue weighted by Gasteiger charge is -2.06. The molecule has 0 amide bonds. The molecule has 0 aromatic heterocycles. The Balaban J connectivity index is 0.000000211. The summed E-state index contributed by atoms with van der Waals surface area (Å²) in [7, 11) is 0. The number of phenols is 1. The summed E-state index contributed by atoms with van der Waals surface area (Å²) in [6, 6.07) is 15.5. The highest BCUT2D eigenvalue weighted by molar-refractivity contribution is 5.73. The molecular weight excluding hydrogens is 260 g/mol. The zero-order valence-electron chi connectivity index (χ0n) is 12.8. The van der Waals surface area contributed by atoms with Gasteiger partial charge in [-0.05, 0) is 41.7 Å². The van der Waals surface area contributed by atoms with E-state index in [1.165, 1.54) is 11.6 Å². The topological polar surface area (TPSA) is 37.3 Å². The summed E-state index contributed by atoms with van der Waals surface area (Å²) >= 11 is 0. The Kier molecular flexibility index (Phi) is 6.96. The maximum Gasteiger partial charge on any atom is 0.142 e. The van der Waals surface area contributed by atoms with Gasteiger partial charge in [0.05, 0.1) is 0 Å². The molecule has 0 fully saturated rings. The van der Waals surface area contributed by atoms with E-state index in [9.17, 15) is 9.90 Å². The Labute approximate surface area is 126 Å². The van der Waals surface area contributed by atoms with Gasteiger partial charge in [-0.1, -0.05) is 62.4 Å². The van der Waals surface area contributed by atoms with E-state index in [-0.39, 0.29) is 0 Å². The first kappa shape index (κ1) is 16.7. The molecule has 110 valence electrons. The number of hydrogen-bond donors (Lipinski definition) is 1. The summed E-state index contributed by atoms with van der Waals surface area (Å²) in [6.45, 7) is 6.13. The number of aldehydes is 1. The first-order chi connectivity index (χ1) is 10.0. The highest BCUT2D eigenvalue weighted by Gasteiger charge is 2.00. The molecule has 0 spiro atoms. The second kappa shape index (κ2) is 8.75. The van der Waals surface area contributed by atoms with Crippen molar-refractivity contribution in [3.8, 4) is 5.75 Å². The van der Waals surface area contributed by atoms with Crippen LogP contribution in [0, 0.1) is 6.92 Å². The van der Waals surface area contributed by atoms with E-state index in [2.05, 4.69) is 19.9 Å². The zero-order chi connectivity index (χ0) is 15.7. The van der Waals surface area contributed by atoms with E-state index in [0.29, 0.717) is 11.7 Å². The van der Waals surface area contributed by atoms with Crippen molar-refractivity contribution in [1.29, 1.82) is 0 Å². The third-order valence-corrected chi connectivity index (χ3v) is 3.07. The number of carbonyl (C=O) groups excluding carboxylic acids is 1. The highest BCUT2D eigenvalue weighted by Crippen LogP contribution is 2.22. The van der Waals surface area contributed by atoms with Gasteiger partial charge < -0.3 is 5.11 Å². The predicted molar refractivity (Wildman–Crippen MR) is 88.5 cm³/mol. The molecule has 0 saturated carbocycles. The van der Waals surface area contributed by atoms with Gasteiger partial charge in [0.15, 0.2) is 0 Å². The molecule has 2 rings (SSSR count). The number of aryl methyl sites for hydroxylation is 1. The second-order valence-electron chi connectivity index (χ2n) is 5.11. The Morgan fingerprint density at radius 1 is 1.05 bits per heavy atom. The number of phenolic OH excluding ortho intramolecular Hbond substituents is 1. The molecule has 0 saturated heterocycles. The van der Waals surface area contributed by atoms with Crippen molar-refractivity contribution in [3.63, 3.8) is 0 Å². The minimum atomic E-state index is 0.399. The average Bonchev–Trinajstić information content (AvgIpc) is 2.49. The number of benzene rings is 2. The van der Waals surface area contributed by atoms with Crippen LogP contribution in [0.4, 0.5) is 0 Å². The lowest BCUT2D eigenvalue weighted by Crippen LogP contribution is -1.86. The van der Waals surface area contributed by atoms with Crippen LogP contribution in [0.25, 0.3) is 6.08 Å². The van der Waals surface area contributed by atoms with Crippen molar-refractivity contribution in [2.45, 2.75) is 26.7 Å². The molecule has 21 heavy (non-hydrogen) atoms. The molecule has 2 aromatic carbocycles. The summed E-state index contributed by atoms with van der Waals surface area (Å²) in [4.78, 5) is 9.89. The van der Waals surface area contributed by atoms with Gasteiger partial charge in [0.2, 0.25) is 0 Å². The van der Waals surface area contributed by atoms with Crippen LogP contribution in [-0.4, -0.2) is 11.4 Å². The second-order valence-corrected chi connectivity index (χ2v) is 5.11. The van der Waals surface area contributed by atoms with E-state index < -0.39 is 0 Å². The molecule has 0 bridgehead atoms. The third kappa shape index (κ3) is 6.09. The Bertz CT molecular complexity index is 584. The van der Waals surface area contributed by atoms with Crippen molar-refractivity contribution < 1.29 is 9.90 Å².